The highest BCUT2D eigenvalue weighted by Gasteiger charge is 2.20. The first-order valence-electron chi connectivity index (χ1n) is 5.33. The van der Waals surface area contributed by atoms with Crippen LogP contribution in [-0.4, -0.2) is 20.6 Å². The van der Waals surface area contributed by atoms with Crippen LogP contribution in [0.25, 0.3) is 0 Å². The summed E-state index contributed by atoms with van der Waals surface area (Å²) in [6.45, 7) is 0. The lowest BCUT2D eigenvalue weighted by Gasteiger charge is -2.06. The third kappa shape index (κ3) is 3.60. The van der Waals surface area contributed by atoms with Gasteiger partial charge in [-0.25, -0.2) is 8.42 Å². The van der Waals surface area contributed by atoms with Gasteiger partial charge in [-0.05, 0) is 68.2 Å². The number of anilines is 1. The van der Waals surface area contributed by atoms with E-state index in [0.717, 1.165) is 25.6 Å². The Morgan fingerprint density at radius 1 is 1.35 bits per heavy atom. The van der Waals surface area contributed by atoms with E-state index >= 15 is 0 Å². The molecule has 20 heavy (non-hydrogen) atoms. The van der Waals surface area contributed by atoms with E-state index in [1.807, 2.05) is 6.07 Å². The van der Waals surface area contributed by atoms with Crippen LogP contribution in [0.2, 0.25) is 0 Å². The minimum atomic E-state index is -3.40. The smallest absolute Gasteiger partial charge is 0.267 e. The van der Waals surface area contributed by atoms with Gasteiger partial charge in [0.15, 0.2) is 9.84 Å². The summed E-state index contributed by atoms with van der Waals surface area (Å²) in [5.74, 6) is -0.418. The number of nitrogens with one attached hydrogen (secondary N) is 1. The Labute approximate surface area is 142 Å². The predicted octanol–water partition coefficient (Wildman–Crippen LogP) is 3.77. The molecule has 0 saturated carbocycles. The van der Waals surface area contributed by atoms with Crippen molar-refractivity contribution in [2.45, 2.75) is 4.90 Å². The molecular formula is C12H9BrINO3S2. The van der Waals surface area contributed by atoms with Gasteiger partial charge in [-0.2, -0.15) is 0 Å². The topological polar surface area (TPSA) is 63.2 Å². The van der Waals surface area contributed by atoms with Crippen LogP contribution in [0.4, 0.5) is 5.69 Å². The van der Waals surface area contributed by atoms with Crippen LogP contribution in [0, 0.1) is 3.57 Å². The van der Waals surface area contributed by atoms with Crippen LogP contribution in [0.3, 0.4) is 0 Å². The van der Waals surface area contributed by atoms with Crippen LogP contribution >= 0.6 is 49.9 Å². The molecule has 2 aromatic rings. The molecule has 1 amide bonds. The van der Waals surface area contributed by atoms with Crippen LogP contribution in [0.1, 0.15) is 9.67 Å². The second-order valence-electron chi connectivity index (χ2n) is 3.97. The minimum absolute atomic E-state index is 0.0619. The summed E-state index contributed by atoms with van der Waals surface area (Å²) >= 11 is 6.62. The monoisotopic (exact) mass is 485 g/mol. The molecule has 106 valence electrons. The van der Waals surface area contributed by atoms with E-state index in [9.17, 15) is 13.2 Å². The van der Waals surface area contributed by atoms with Crippen molar-refractivity contribution in [1.29, 1.82) is 0 Å². The summed E-state index contributed by atoms with van der Waals surface area (Å²) in [4.78, 5) is 12.4. The minimum Gasteiger partial charge on any atom is -0.321 e. The van der Waals surface area contributed by atoms with Crippen molar-refractivity contribution in [2.75, 3.05) is 11.6 Å². The number of carbonyl (C=O) groups is 1. The van der Waals surface area contributed by atoms with E-state index in [-0.39, 0.29) is 9.77 Å². The molecule has 0 spiro atoms. The highest BCUT2D eigenvalue weighted by atomic mass is 127. The van der Waals surface area contributed by atoms with Crippen LogP contribution < -0.4 is 5.32 Å². The van der Waals surface area contributed by atoms with Crippen LogP contribution in [0.5, 0.6) is 0 Å². The molecule has 1 aromatic heterocycles. The van der Waals surface area contributed by atoms with Gasteiger partial charge in [-0.1, -0.05) is 0 Å². The van der Waals surface area contributed by atoms with E-state index in [1.165, 1.54) is 6.07 Å². The van der Waals surface area contributed by atoms with Crippen molar-refractivity contribution in [3.05, 3.63) is 42.6 Å². The fourth-order valence-corrected chi connectivity index (χ4v) is 4.39. The molecule has 0 atom stereocenters. The van der Waals surface area contributed by atoms with Crippen LogP contribution in [0.15, 0.2) is 39.0 Å². The first-order chi connectivity index (χ1) is 9.29. The molecule has 4 nitrogen and oxygen atoms in total. The van der Waals surface area contributed by atoms with Crippen molar-refractivity contribution in [3.63, 3.8) is 0 Å². The molecule has 0 radical (unpaired) electrons. The summed E-state index contributed by atoms with van der Waals surface area (Å²) in [6, 6.07) is 6.82. The lowest BCUT2D eigenvalue weighted by atomic mass is 10.3. The Bertz CT molecular complexity index is 771. The standard InChI is InChI=1S/C12H9BrINO3S2/c1-20(17,18)10-4-5-19-11(10)12(16)15-7-2-3-8(13)9(14)6-7/h2-6H,1H3,(H,15,16). The third-order valence-electron chi connectivity index (χ3n) is 2.41. The van der Waals surface area contributed by atoms with Gasteiger partial charge in [0.2, 0.25) is 0 Å². The Morgan fingerprint density at radius 3 is 2.65 bits per heavy atom. The number of hydrogen-bond acceptors (Lipinski definition) is 4. The Balaban J connectivity index is 2.29. The fourth-order valence-electron chi connectivity index (χ4n) is 1.52. The summed E-state index contributed by atoms with van der Waals surface area (Å²) in [5, 5.41) is 4.30. The number of hydrogen-bond donors (Lipinski definition) is 1. The number of thiophene rings is 1. The molecule has 0 bridgehead atoms. The van der Waals surface area contributed by atoms with Crippen molar-refractivity contribution >= 4 is 71.3 Å². The number of carbonyl (C=O) groups excluding carboxylic acids is 1. The lowest BCUT2D eigenvalue weighted by Crippen LogP contribution is -2.13. The van der Waals surface area contributed by atoms with Gasteiger partial charge in [0.25, 0.3) is 5.91 Å². The average molecular weight is 486 g/mol. The van der Waals surface area contributed by atoms with E-state index in [1.54, 1.807) is 17.5 Å². The molecular weight excluding hydrogens is 477 g/mol. The molecule has 8 heteroatoms. The number of halogens is 2. The second-order valence-corrected chi connectivity index (χ2v) is 8.89. The second kappa shape index (κ2) is 6.12. The van der Waals surface area contributed by atoms with Gasteiger partial charge in [0, 0.05) is 20.0 Å². The molecule has 2 rings (SSSR count). The van der Waals surface area contributed by atoms with E-state index in [0.29, 0.717) is 5.69 Å². The maximum atomic E-state index is 12.2. The quantitative estimate of drug-likeness (QED) is 0.673. The molecule has 1 N–H and O–H groups in total. The summed E-state index contributed by atoms with van der Waals surface area (Å²) < 4.78 is 25.1. The molecule has 0 aliphatic rings. The summed E-state index contributed by atoms with van der Waals surface area (Å²) in [6.07, 6.45) is 1.09. The zero-order chi connectivity index (χ0) is 14.9. The number of benzene rings is 1. The Kier molecular flexibility index (Phi) is 4.88. The fraction of sp³-hybridized carbons (Fsp3) is 0.0833. The van der Waals surface area contributed by atoms with E-state index in [2.05, 4.69) is 43.8 Å². The van der Waals surface area contributed by atoms with Crippen molar-refractivity contribution in [3.8, 4) is 0 Å². The Hall–Kier alpha value is -0.450. The van der Waals surface area contributed by atoms with Crippen molar-refractivity contribution in [2.24, 2.45) is 0 Å². The van der Waals surface area contributed by atoms with Gasteiger partial charge in [0.1, 0.15) is 4.88 Å². The molecule has 1 aromatic carbocycles. The molecule has 0 saturated heterocycles. The van der Waals surface area contributed by atoms with Gasteiger partial charge in [-0.3, -0.25) is 4.79 Å². The molecule has 1 heterocycles. The van der Waals surface area contributed by atoms with E-state index in [4.69, 9.17) is 0 Å². The largest absolute Gasteiger partial charge is 0.321 e. The SMILES string of the molecule is CS(=O)(=O)c1ccsc1C(=O)Nc1ccc(Br)c(I)c1. The molecule has 0 unspecified atom stereocenters. The lowest BCUT2D eigenvalue weighted by molar-refractivity contribution is 0.102. The maximum absolute atomic E-state index is 12.2. The van der Waals surface area contributed by atoms with Crippen LogP contribution in [-0.2, 0) is 9.84 Å². The molecule has 0 aliphatic carbocycles. The third-order valence-corrected chi connectivity index (χ3v) is 6.92. The van der Waals surface area contributed by atoms with Crippen molar-refractivity contribution < 1.29 is 13.2 Å². The van der Waals surface area contributed by atoms with Gasteiger partial charge < -0.3 is 5.32 Å². The summed E-state index contributed by atoms with van der Waals surface area (Å²) in [7, 11) is -3.40. The summed E-state index contributed by atoms with van der Waals surface area (Å²) in [5.41, 5.74) is 0.621. The number of rotatable bonds is 3. The van der Waals surface area contributed by atoms with Gasteiger partial charge in [-0.15, -0.1) is 11.3 Å². The number of sulfone groups is 1. The average Bonchev–Trinajstić information content (AvgIpc) is 2.83. The Morgan fingerprint density at radius 2 is 2.05 bits per heavy atom. The molecule has 0 aliphatic heterocycles. The van der Waals surface area contributed by atoms with E-state index < -0.39 is 15.7 Å². The van der Waals surface area contributed by atoms with Gasteiger partial charge in [0.05, 0.1) is 4.90 Å². The predicted molar refractivity (Wildman–Crippen MR) is 92.2 cm³/mol. The highest BCUT2D eigenvalue weighted by Crippen LogP contribution is 2.25. The first kappa shape index (κ1) is 15.9. The zero-order valence-electron chi connectivity index (χ0n) is 10.2. The normalized spacial score (nSPS) is 11.3. The highest BCUT2D eigenvalue weighted by molar-refractivity contribution is 14.1. The zero-order valence-corrected chi connectivity index (χ0v) is 15.6. The maximum Gasteiger partial charge on any atom is 0.267 e. The van der Waals surface area contributed by atoms with Gasteiger partial charge >= 0.3 is 0 Å². The van der Waals surface area contributed by atoms with Crippen molar-refractivity contribution in [1.82, 2.24) is 0 Å². The number of amides is 1. The first-order valence-corrected chi connectivity index (χ1v) is 9.97. The molecule has 0 fully saturated rings.